The summed E-state index contributed by atoms with van der Waals surface area (Å²) in [6.07, 6.45) is 0.975. The van der Waals surface area contributed by atoms with Gasteiger partial charge in [-0.2, -0.15) is 0 Å². The van der Waals surface area contributed by atoms with Crippen LogP contribution in [0.5, 0.6) is 0 Å². The van der Waals surface area contributed by atoms with Crippen molar-refractivity contribution in [2.45, 2.75) is 66.0 Å². The molecule has 7 heteroatoms. The van der Waals surface area contributed by atoms with Gasteiger partial charge >= 0.3 is 6.09 Å². The number of ether oxygens (including phenoxy) is 1. The third-order valence-electron chi connectivity index (χ3n) is 4.17. The summed E-state index contributed by atoms with van der Waals surface area (Å²) in [5.41, 5.74) is 0.697. The number of carbonyl (C=O) groups excluding carboxylic acids is 1. The predicted octanol–water partition coefficient (Wildman–Crippen LogP) is 5.46. The fourth-order valence-corrected chi connectivity index (χ4v) is 3.81. The number of hydrogen-bond acceptors (Lipinski definition) is 4. The predicted molar refractivity (Wildman–Crippen MR) is 101 cm³/mol. The number of hydrogen-bond donors (Lipinski definition) is 0. The van der Waals surface area contributed by atoms with Gasteiger partial charge in [0.15, 0.2) is 0 Å². The Balaban J connectivity index is 2.59. The molecular weight excluding hydrogens is 388 g/mol. The van der Waals surface area contributed by atoms with Gasteiger partial charge in [0.05, 0.1) is 10.6 Å². The molecule has 0 aromatic heterocycles. The first-order valence-electron chi connectivity index (χ1n) is 8.30. The number of non-ortho nitro benzene ring substituents is 1. The van der Waals surface area contributed by atoms with E-state index < -0.39 is 16.6 Å². The summed E-state index contributed by atoms with van der Waals surface area (Å²) >= 11 is 3.43. The minimum Gasteiger partial charge on any atom is -0.443 e. The number of nitro groups is 1. The van der Waals surface area contributed by atoms with E-state index in [9.17, 15) is 14.9 Å². The normalized spacial score (nSPS) is 17.9. The number of benzene rings is 1. The van der Waals surface area contributed by atoms with Crippen LogP contribution in [0.15, 0.2) is 16.6 Å². The van der Waals surface area contributed by atoms with E-state index in [4.69, 9.17) is 4.74 Å². The Morgan fingerprint density at radius 2 is 1.88 bits per heavy atom. The highest BCUT2D eigenvalue weighted by Gasteiger charge is 2.41. The molecular formula is C18H25BrN2O4. The highest BCUT2D eigenvalue weighted by molar-refractivity contribution is 9.10. The minimum atomic E-state index is -0.621. The van der Waals surface area contributed by atoms with Crippen LogP contribution in [0.4, 0.5) is 16.2 Å². The first-order chi connectivity index (χ1) is 11.3. The second-order valence-corrected chi connectivity index (χ2v) is 9.32. The molecule has 1 unspecified atom stereocenters. The number of fused-ring (bicyclic) bond motifs is 1. The van der Waals surface area contributed by atoms with Gasteiger partial charge in [-0.3, -0.25) is 15.0 Å². The maximum atomic E-state index is 13.0. The van der Waals surface area contributed by atoms with Gasteiger partial charge in [0.1, 0.15) is 5.60 Å². The summed E-state index contributed by atoms with van der Waals surface area (Å²) in [4.78, 5) is 25.3. The van der Waals surface area contributed by atoms with E-state index in [2.05, 4.69) is 36.7 Å². The smallest absolute Gasteiger partial charge is 0.415 e. The van der Waals surface area contributed by atoms with E-state index in [1.54, 1.807) is 11.0 Å². The van der Waals surface area contributed by atoms with Crippen molar-refractivity contribution in [3.63, 3.8) is 0 Å². The van der Waals surface area contributed by atoms with Crippen LogP contribution >= 0.6 is 15.9 Å². The molecule has 1 heterocycles. The quantitative estimate of drug-likeness (QED) is 0.453. The number of rotatable bonds is 1. The monoisotopic (exact) mass is 412 g/mol. The minimum absolute atomic E-state index is 0.0176. The number of aryl methyl sites for hydroxylation is 1. The first kappa shape index (κ1) is 19.7. The van der Waals surface area contributed by atoms with Crippen LogP contribution in [-0.2, 0) is 11.2 Å². The maximum absolute atomic E-state index is 13.0. The summed E-state index contributed by atoms with van der Waals surface area (Å²) in [6, 6.07) is 2.94. The van der Waals surface area contributed by atoms with Crippen LogP contribution in [0, 0.1) is 15.5 Å². The molecule has 0 spiro atoms. The summed E-state index contributed by atoms with van der Waals surface area (Å²) in [5, 5.41) is 11.1. The van der Waals surface area contributed by atoms with Gasteiger partial charge in [0.25, 0.3) is 5.69 Å². The third-order valence-corrected chi connectivity index (χ3v) is 4.77. The lowest BCUT2D eigenvalue weighted by Crippen LogP contribution is -2.52. The van der Waals surface area contributed by atoms with Crippen LogP contribution in [0.25, 0.3) is 0 Å². The molecule has 1 aliphatic rings. The fourth-order valence-electron chi connectivity index (χ4n) is 3.13. The van der Waals surface area contributed by atoms with Crippen molar-refractivity contribution in [3.8, 4) is 0 Å². The number of amides is 1. The van der Waals surface area contributed by atoms with Gasteiger partial charge in [0, 0.05) is 22.6 Å². The average Bonchev–Trinajstić information content (AvgIpc) is 2.42. The molecule has 1 aliphatic heterocycles. The number of nitrogens with zero attached hydrogens (tertiary/aromatic N) is 2. The molecule has 25 heavy (non-hydrogen) atoms. The summed E-state index contributed by atoms with van der Waals surface area (Å²) in [6.45, 7) is 11.7. The lowest BCUT2D eigenvalue weighted by atomic mass is 9.79. The second kappa shape index (κ2) is 6.59. The van der Waals surface area contributed by atoms with Crippen molar-refractivity contribution >= 4 is 33.4 Å². The number of halogens is 1. The van der Waals surface area contributed by atoms with Gasteiger partial charge in [0.2, 0.25) is 0 Å². The topological polar surface area (TPSA) is 72.7 Å². The average molecular weight is 413 g/mol. The lowest BCUT2D eigenvalue weighted by Gasteiger charge is -2.44. The Labute approximate surface area is 156 Å². The molecule has 0 fully saturated rings. The molecule has 1 aromatic carbocycles. The van der Waals surface area contributed by atoms with Gasteiger partial charge in [-0.05, 0) is 60.5 Å². The Hall–Kier alpha value is -1.63. The van der Waals surface area contributed by atoms with E-state index in [1.807, 2.05) is 20.8 Å². The molecule has 0 aliphatic carbocycles. The van der Waals surface area contributed by atoms with Crippen molar-refractivity contribution in [3.05, 3.63) is 32.3 Å². The van der Waals surface area contributed by atoms with Crippen LogP contribution < -0.4 is 4.90 Å². The molecule has 1 amide bonds. The molecule has 0 N–H and O–H groups in total. The molecule has 1 aromatic rings. The lowest BCUT2D eigenvalue weighted by molar-refractivity contribution is -0.385. The van der Waals surface area contributed by atoms with Gasteiger partial charge in [-0.1, -0.05) is 20.8 Å². The molecule has 0 bridgehead atoms. The molecule has 1 atom stereocenters. The Bertz CT molecular complexity index is 704. The van der Waals surface area contributed by atoms with Gasteiger partial charge in [-0.15, -0.1) is 0 Å². The third kappa shape index (κ3) is 4.32. The summed E-state index contributed by atoms with van der Waals surface area (Å²) in [7, 11) is 0. The van der Waals surface area contributed by atoms with E-state index in [0.29, 0.717) is 16.6 Å². The zero-order chi connectivity index (χ0) is 19.2. The Morgan fingerprint density at radius 3 is 2.36 bits per heavy atom. The van der Waals surface area contributed by atoms with E-state index in [-0.39, 0.29) is 17.1 Å². The van der Waals surface area contributed by atoms with E-state index >= 15 is 0 Å². The van der Waals surface area contributed by atoms with Crippen LogP contribution in [-0.4, -0.2) is 22.7 Å². The fraction of sp³-hybridized carbons (Fsp3) is 0.611. The van der Waals surface area contributed by atoms with Gasteiger partial charge < -0.3 is 4.74 Å². The highest BCUT2D eigenvalue weighted by atomic mass is 79.9. The molecule has 0 saturated carbocycles. The number of anilines is 1. The van der Waals surface area contributed by atoms with Crippen LogP contribution in [0.1, 0.15) is 53.5 Å². The second-order valence-electron chi connectivity index (χ2n) is 8.46. The van der Waals surface area contributed by atoms with Crippen molar-refractivity contribution in [1.29, 1.82) is 0 Å². The summed E-state index contributed by atoms with van der Waals surface area (Å²) in [5.74, 6) is 0. The first-order valence-corrected chi connectivity index (χ1v) is 9.09. The largest absolute Gasteiger partial charge is 0.443 e. The molecule has 2 rings (SSSR count). The van der Waals surface area contributed by atoms with E-state index in [0.717, 1.165) is 12.0 Å². The van der Waals surface area contributed by atoms with Crippen LogP contribution in [0.2, 0.25) is 0 Å². The molecule has 0 saturated heterocycles. The SMILES string of the molecule is CC(C)(C)OC(=O)N1c2c(Br)cc([N+](=O)[O-])cc2CCC1C(C)(C)C. The highest BCUT2D eigenvalue weighted by Crippen LogP contribution is 2.44. The maximum Gasteiger partial charge on any atom is 0.415 e. The standard InChI is InChI=1S/C18H25BrN2O4/c1-17(2,3)14-8-7-11-9-12(21(23)24)10-13(19)15(11)20(14)16(22)25-18(4,5)6/h9-10,14H,7-8H2,1-6H3. The number of carbonyl (C=O) groups is 1. The zero-order valence-electron chi connectivity index (χ0n) is 15.6. The zero-order valence-corrected chi connectivity index (χ0v) is 17.1. The van der Waals surface area contributed by atoms with Crippen molar-refractivity contribution in [2.75, 3.05) is 4.90 Å². The van der Waals surface area contributed by atoms with Crippen molar-refractivity contribution < 1.29 is 14.5 Å². The Morgan fingerprint density at radius 1 is 1.28 bits per heavy atom. The molecule has 138 valence electrons. The molecule has 6 nitrogen and oxygen atoms in total. The van der Waals surface area contributed by atoms with Gasteiger partial charge in [-0.25, -0.2) is 4.79 Å². The summed E-state index contributed by atoms with van der Waals surface area (Å²) < 4.78 is 6.16. The van der Waals surface area contributed by atoms with Crippen LogP contribution in [0.3, 0.4) is 0 Å². The molecule has 0 radical (unpaired) electrons. The van der Waals surface area contributed by atoms with Crippen molar-refractivity contribution in [1.82, 2.24) is 0 Å². The van der Waals surface area contributed by atoms with Crippen molar-refractivity contribution in [2.24, 2.45) is 5.41 Å². The Kier molecular flexibility index (Phi) is 5.19. The number of nitro benzene ring substituents is 1. The van der Waals surface area contributed by atoms with E-state index in [1.165, 1.54) is 6.07 Å².